The smallest absolute Gasteiger partial charge is 0.300 e. The number of hydrogen-bond acceptors (Lipinski definition) is 5. The van der Waals surface area contributed by atoms with Crippen LogP contribution in [0.25, 0.3) is 5.76 Å². The Bertz CT molecular complexity index is 1300. The summed E-state index contributed by atoms with van der Waals surface area (Å²) in [5.74, 6) is -1.17. The van der Waals surface area contributed by atoms with Gasteiger partial charge in [-0.25, -0.2) is 0 Å². The molecule has 1 aliphatic rings. The summed E-state index contributed by atoms with van der Waals surface area (Å²) in [5.41, 5.74) is 3.26. The fraction of sp³-hybridized carbons (Fsp3) is 0.154. The maximum Gasteiger partial charge on any atom is 0.300 e. The highest BCUT2D eigenvalue weighted by atomic mass is 79.9. The minimum atomic E-state index is -0.869. The highest BCUT2D eigenvalue weighted by Crippen LogP contribution is 2.44. The fourth-order valence-corrected chi connectivity index (χ4v) is 4.54. The molecule has 0 spiro atoms. The van der Waals surface area contributed by atoms with E-state index in [0.717, 1.165) is 11.1 Å². The molecule has 2 N–H and O–H groups in total. The molecule has 0 aromatic heterocycles. The van der Waals surface area contributed by atoms with Gasteiger partial charge in [-0.2, -0.15) is 0 Å². The average molecular weight is 508 g/mol. The molecule has 3 aromatic carbocycles. The van der Waals surface area contributed by atoms with E-state index in [1.54, 1.807) is 30.3 Å². The summed E-state index contributed by atoms with van der Waals surface area (Å²) in [6.07, 6.45) is 0. The number of Topliss-reactive ketones (excluding diaryl/α,β-unsaturated/α-hetero) is 1. The normalized spacial score (nSPS) is 17.5. The summed E-state index contributed by atoms with van der Waals surface area (Å²) >= 11 is 3.40. The second-order valence-electron chi connectivity index (χ2n) is 7.90. The number of halogens is 1. The first-order valence-electron chi connectivity index (χ1n) is 10.2. The van der Waals surface area contributed by atoms with Crippen LogP contribution in [0.3, 0.4) is 0 Å². The predicted octanol–water partition coefficient (Wildman–Crippen LogP) is 5.41. The number of aromatic hydroxyl groups is 1. The van der Waals surface area contributed by atoms with Gasteiger partial charge < -0.3 is 14.9 Å². The van der Waals surface area contributed by atoms with Crippen LogP contribution in [-0.2, 0) is 9.59 Å². The van der Waals surface area contributed by atoms with Crippen molar-refractivity contribution in [3.8, 4) is 11.5 Å². The second kappa shape index (κ2) is 8.75. The van der Waals surface area contributed by atoms with Crippen molar-refractivity contribution in [2.45, 2.75) is 19.9 Å². The Morgan fingerprint density at radius 3 is 2.33 bits per heavy atom. The number of phenolic OH excluding ortho intramolecular Hbond substituents is 1. The molecule has 1 aliphatic heterocycles. The van der Waals surface area contributed by atoms with Crippen molar-refractivity contribution in [1.82, 2.24) is 0 Å². The molecule has 0 aliphatic carbocycles. The van der Waals surface area contributed by atoms with Crippen LogP contribution in [0.5, 0.6) is 11.5 Å². The molecule has 4 rings (SSSR count). The number of aliphatic hydroxyl groups excluding tert-OH is 1. The minimum absolute atomic E-state index is 0.0244. The largest absolute Gasteiger partial charge is 0.508 e. The van der Waals surface area contributed by atoms with Crippen LogP contribution < -0.4 is 9.64 Å². The Morgan fingerprint density at radius 2 is 1.70 bits per heavy atom. The van der Waals surface area contributed by atoms with Crippen molar-refractivity contribution in [3.63, 3.8) is 0 Å². The molecule has 7 heteroatoms. The maximum atomic E-state index is 13.3. The first-order valence-corrected chi connectivity index (χ1v) is 11.0. The predicted molar refractivity (Wildman–Crippen MR) is 129 cm³/mol. The van der Waals surface area contributed by atoms with Crippen LogP contribution >= 0.6 is 15.9 Å². The van der Waals surface area contributed by atoms with Crippen LogP contribution in [0.15, 0.2) is 70.7 Å². The number of benzene rings is 3. The van der Waals surface area contributed by atoms with Gasteiger partial charge in [-0.1, -0.05) is 24.3 Å². The van der Waals surface area contributed by atoms with E-state index in [4.69, 9.17) is 4.74 Å². The summed E-state index contributed by atoms with van der Waals surface area (Å²) in [6, 6.07) is 16.0. The Labute approximate surface area is 199 Å². The van der Waals surface area contributed by atoms with Crippen molar-refractivity contribution in [2.75, 3.05) is 12.0 Å². The molecule has 0 radical (unpaired) electrons. The number of amides is 1. The lowest BCUT2D eigenvalue weighted by molar-refractivity contribution is -0.132. The molecule has 1 saturated heterocycles. The number of hydrogen-bond donors (Lipinski definition) is 2. The van der Waals surface area contributed by atoms with Gasteiger partial charge in [-0.3, -0.25) is 14.5 Å². The number of rotatable bonds is 4. The van der Waals surface area contributed by atoms with Gasteiger partial charge in [0, 0.05) is 11.3 Å². The first-order chi connectivity index (χ1) is 15.7. The molecule has 33 heavy (non-hydrogen) atoms. The molecular weight excluding hydrogens is 486 g/mol. The number of aryl methyl sites for hydroxylation is 2. The van der Waals surface area contributed by atoms with E-state index >= 15 is 0 Å². The van der Waals surface area contributed by atoms with Crippen molar-refractivity contribution in [1.29, 1.82) is 0 Å². The zero-order valence-corrected chi connectivity index (χ0v) is 19.9. The second-order valence-corrected chi connectivity index (χ2v) is 8.75. The number of ether oxygens (including phenoxy) is 1. The number of nitrogens with zero attached hydrogens (tertiary/aromatic N) is 1. The molecule has 3 aromatic rings. The summed E-state index contributed by atoms with van der Waals surface area (Å²) in [5, 5.41) is 21.0. The molecule has 1 fully saturated rings. The molecule has 1 heterocycles. The average Bonchev–Trinajstić information content (AvgIpc) is 3.06. The van der Waals surface area contributed by atoms with E-state index in [1.165, 1.54) is 24.1 Å². The van der Waals surface area contributed by atoms with Crippen molar-refractivity contribution < 1.29 is 24.5 Å². The van der Waals surface area contributed by atoms with Crippen molar-refractivity contribution in [2.24, 2.45) is 0 Å². The third-order valence-corrected chi connectivity index (χ3v) is 6.32. The number of aliphatic hydroxyl groups is 1. The van der Waals surface area contributed by atoms with Gasteiger partial charge in [0.1, 0.15) is 17.3 Å². The van der Waals surface area contributed by atoms with Gasteiger partial charge in [0.25, 0.3) is 11.7 Å². The topological polar surface area (TPSA) is 87.1 Å². The summed E-state index contributed by atoms with van der Waals surface area (Å²) in [7, 11) is 1.53. The highest BCUT2D eigenvalue weighted by molar-refractivity contribution is 9.10. The molecule has 6 nitrogen and oxygen atoms in total. The van der Waals surface area contributed by atoms with Crippen LogP contribution in [0.4, 0.5) is 5.69 Å². The monoisotopic (exact) mass is 507 g/mol. The van der Waals surface area contributed by atoms with Gasteiger partial charge in [0.2, 0.25) is 0 Å². The van der Waals surface area contributed by atoms with E-state index in [0.29, 0.717) is 27.0 Å². The lowest BCUT2D eigenvalue weighted by Gasteiger charge is -2.27. The number of anilines is 1. The van der Waals surface area contributed by atoms with Gasteiger partial charge in [-0.05, 0) is 82.9 Å². The lowest BCUT2D eigenvalue weighted by Crippen LogP contribution is -2.30. The zero-order chi connectivity index (χ0) is 23.9. The number of carbonyl (C=O) groups excluding carboxylic acids is 2. The quantitative estimate of drug-likeness (QED) is 0.280. The molecule has 0 saturated carbocycles. The van der Waals surface area contributed by atoms with Crippen LogP contribution in [0.1, 0.15) is 28.3 Å². The van der Waals surface area contributed by atoms with E-state index in [1.807, 2.05) is 32.0 Å². The van der Waals surface area contributed by atoms with E-state index in [-0.39, 0.29) is 17.1 Å². The van der Waals surface area contributed by atoms with E-state index < -0.39 is 17.7 Å². The van der Waals surface area contributed by atoms with Crippen LogP contribution in [0.2, 0.25) is 0 Å². The Balaban J connectivity index is 1.97. The SMILES string of the molecule is COc1ccc(/C(O)=C2/C(=O)C(=O)N(c3cc(C)ccc3C)C2c2ccc(O)cc2)cc1Br. The van der Waals surface area contributed by atoms with Gasteiger partial charge in [-0.15, -0.1) is 0 Å². The summed E-state index contributed by atoms with van der Waals surface area (Å²) in [6.45, 7) is 3.77. The minimum Gasteiger partial charge on any atom is -0.508 e. The fourth-order valence-electron chi connectivity index (χ4n) is 4.00. The lowest BCUT2D eigenvalue weighted by atomic mass is 9.94. The zero-order valence-electron chi connectivity index (χ0n) is 18.3. The number of methoxy groups -OCH3 is 1. The standard InChI is InChI=1S/C26H22BrNO5/c1-14-4-5-15(2)20(12-14)28-23(16-6-9-18(29)10-7-16)22(25(31)26(28)32)24(30)17-8-11-21(33-3)19(27)13-17/h4-13,23,29-30H,1-3H3/b24-22-. The molecular formula is C26H22BrNO5. The molecule has 168 valence electrons. The van der Waals surface area contributed by atoms with Crippen molar-refractivity contribution in [3.05, 3.63) is 93.0 Å². The first kappa shape index (κ1) is 22.6. The van der Waals surface area contributed by atoms with Crippen molar-refractivity contribution >= 4 is 39.1 Å². The third-order valence-electron chi connectivity index (χ3n) is 5.70. The van der Waals surface area contributed by atoms with Crippen LogP contribution in [-0.4, -0.2) is 29.0 Å². The Morgan fingerprint density at radius 1 is 1.00 bits per heavy atom. The Kier molecular flexibility index (Phi) is 5.99. The van der Waals surface area contributed by atoms with E-state index in [9.17, 15) is 19.8 Å². The molecule has 1 atom stereocenters. The maximum absolute atomic E-state index is 13.3. The number of phenols is 1. The summed E-state index contributed by atoms with van der Waals surface area (Å²) in [4.78, 5) is 28.0. The third kappa shape index (κ3) is 4.00. The molecule has 1 amide bonds. The van der Waals surface area contributed by atoms with Crippen LogP contribution in [0, 0.1) is 13.8 Å². The summed E-state index contributed by atoms with van der Waals surface area (Å²) < 4.78 is 5.84. The number of carbonyl (C=O) groups is 2. The highest BCUT2D eigenvalue weighted by Gasteiger charge is 2.47. The Hall–Kier alpha value is -3.58. The molecule has 0 bridgehead atoms. The van der Waals surface area contributed by atoms with Gasteiger partial charge >= 0.3 is 0 Å². The van der Waals surface area contributed by atoms with Gasteiger partial charge in [0.15, 0.2) is 0 Å². The molecule has 1 unspecified atom stereocenters. The van der Waals surface area contributed by atoms with Gasteiger partial charge in [0.05, 0.1) is 23.2 Å². The van der Waals surface area contributed by atoms with E-state index in [2.05, 4.69) is 15.9 Å². The number of ketones is 1.